The molecule has 3 heterocycles. The van der Waals surface area contributed by atoms with E-state index in [4.69, 9.17) is 4.52 Å². The van der Waals surface area contributed by atoms with Crippen LogP contribution >= 0.6 is 0 Å². The maximum Gasteiger partial charge on any atom is 0.177 e. The van der Waals surface area contributed by atoms with Gasteiger partial charge >= 0.3 is 0 Å². The van der Waals surface area contributed by atoms with Crippen molar-refractivity contribution in [3.8, 4) is 11.4 Å². The first kappa shape index (κ1) is 12.6. The first-order valence-corrected chi connectivity index (χ1v) is 6.91. The van der Waals surface area contributed by atoms with Crippen molar-refractivity contribution in [2.75, 3.05) is 11.6 Å². The van der Waals surface area contributed by atoms with Crippen molar-refractivity contribution >= 4 is 11.7 Å². The van der Waals surface area contributed by atoms with Gasteiger partial charge in [-0.3, -0.25) is 4.57 Å². The summed E-state index contributed by atoms with van der Waals surface area (Å²) in [6.07, 6.45) is 9.12. The molecular formula is C16H13N5O. The minimum absolute atomic E-state index is 0.491. The van der Waals surface area contributed by atoms with Crippen molar-refractivity contribution in [2.45, 2.75) is 0 Å². The van der Waals surface area contributed by atoms with E-state index in [1.807, 2.05) is 58.3 Å². The van der Waals surface area contributed by atoms with Crippen LogP contribution in [0.15, 0.2) is 76.8 Å². The number of rotatable bonds is 2. The molecule has 1 aromatic carbocycles. The summed E-state index contributed by atoms with van der Waals surface area (Å²) in [6, 6.07) is 11.9. The standard InChI is InChI=1S/C16H13N5O/c1-2-4-13(5-3-1)16-17-8-10-21(16)14-6-9-20(12-18-14)15-7-11-22-19-15/h1-11H,12H2. The fourth-order valence-electron chi connectivity index (χ4n) is 2.35. The first-order valence-electron chi connectivity index (χ1n) is 6.91. The Morgan fingerprint density at radius 1 is 1.09 bits per heavy atom. The minimum atomic E-state index is 0.491. The van der Waals surface area contributed by atoms with Gasteiger partial charge in [0.05, 0.1) is 0 Å². The Morgan fingerprint density at radius 2 is 2.00 bits per heavy atom. The van der Waals surface area contributed by atoms with Gasteiger partial charge in [0.2, 0.25) is 0 Å². The normalized spacial score (nSPS) is 14.2. The van der Waals surface area contributed by atoms with Crippen molar-refractivity contribution < 1.29 is 4.52 Å². The van der Waals surface area contributed by atoms with Crippen LogP contribution in [0.3, 0.4) is 0 Å². The average molecular weight is 291 g/mol. The van der Waals surface area contributed by atoms with E-state index < -0.39 is 0 Å². The summed E-state index contributed by atoms with van der Waals surface area (Å²) in [7, 11) is 0. The lowest BCUT2D eigenvalue weighted by molar-refractivity contribution is 0.420. The molecule has 2 aromatic heterocycles. The number of benzene rings is 1. The smallest absolute Gasteiger partial charge is 0.177 e. The maximum absolute atomic E-state index is 4.85. The Kier molecular flexibility index (Phi) is 3.05. The van der Waals surface area contributed by atoms with Gasteiger partial charge in [0, 0.05) is 30.2 Å². The summed E-state index contributed by atoms with van der Waals surface area (Å²) in [5, 5.41) is 3.90. The molecule has 0 unspecified atom stereocenters. The van der Waals surface area contributed by atoms with Crippen LogP contribution in [0.1, 0.15) is 0 Å². The predicted molar refractivity (Wildman–Crippen MR) is 83.5 cm³/mol. The van der Waals surface area contributed by atoms with E-state index >= 15 is 0 Å². The lowest BCUT2D eigenvalue weighted by atomic mass is 10.2. The van der Waals surface area contributed by atoms with Crippen LogP contribution in [0.2, 0.25) is 0 Å². The number of hydrogen-bond acceptors (Lipinski definition) is 5. The van der Waals surface area contributed by atoms with Crippen LogP contribution in [0, 0.1) is 0 Å². The Bertz CT molecular complexity index is 817. The van der Waals surface area contributed by atoms with Crippen molar-refractivity contribution in [1.29, 1.82) is 0 Å². The SMILES string of the molecule is C1=CN(c2ccon2)CN=C1n1ccnc1-c1ccccc1. The van der Waals surface area contributed by atoms with E-state index in [1.54, 1.807) is 18.5 Å². The zero-order valence-corrected chi connectivity index (χ0v) is 11.7. The highest BCUT2D eigenvalue weighted by Gasteiger charge is 2.14. The molecule has 0 spiro atoms. The van der Waals surface area contributed by atoms with Gasteiger partial charge in [-0.1, -0.05) is 35.5 Å². The van der Waals surface area contributed by atoms with Crippen molar-refractivity contribution in [1.82, 2.24) is 14.7 Å². The van der Waals surface area contributed by atoms with Crippen LogP contribution in [-0.2, 0) is 0 Å². The van der Waals surface area contributed by atoms with Crippen molar-refractivity contribution in [2.24, 2.45) is 4.99 Å². The van der Waals surface area contributed by atoms with E-state index in [0.717, 1.165) is 23.0 Å². The summed E-state index contributed by atoms with van der Waals surface area (Å²) < 4.78 is 6.83. The average Bonchev–Trinajstić information content (AvgIpc) is 3.28. The van der Waals surface area contributed by atoms with Crippen LogP contribution in [0.5, 0.6) is 0 Å². The third-order valence-corrected chi connectivity index (χ3v) is 3.43. The van der Waals surface area contributed by atoms with E-state index in [1.165, 1.54) is 0 Å². The Morgan fingerprint density at radius 3 is 2.73 bits per heavy atom. The molecule has 4 rings (SSSR count). The Balaban J connectivity index is 1.63. The van der Waals surface area contributed by atoms with Crippen molar-refractivity contribution in [3.63, 3.8) is 0 Å². The van der Waals surface area contributed by atoms with Gasteiger partial charge < -0.3 is 9.42 Å². The van der Waals surface area contributed by atoms with Gasteiger partial charge in [-0.05, 0) is 6.08 Å². The van der Waals surface area contributed by atoms with Gasteiger partial charge in [-0.2, -0.15) is 0 Å². The molecule has 3 aromatic rings. The number of anilines is 1. The molecule has 0 bridgehead atoms. The van der Waals surface area contributed by atoms with Gasteiger partial charge in [-0.25, -0.2) is 9.98 Å². The molecule has 0 radical (unpaired) electrons. The summed E-state index contributed by atoms with van der Waals surface area (Å²) in [5.74, 6) is 2.46. The zero-order chi connectivity index (χ0) is 14.8. The Hall–Kier alpha value is -3.15. The summed E-state index contributed by atoms with van der Waals surface area (Å²) in [4.78, 5) is 10.9. The summed E-state index contributed by atoms with van der Waals surface area (Å²) in [6.45, 7) is 0.491. The molecular weight excluding hydrogens is 278 g/mol. The molecule has 0 aliphatic carbocycles. The van der Waals surface area contributed by atoms with Gasteiger partial charge in [-0.15, -0.1) is 0 Å². The molecule has 0 atom stereocenters. The fourth-order valence-corrected chi connectivity index (χ4v) is 2.35. The predicted octanol–water partition coefficient (Wildman–Crippen LogP) is 2.78. The summed E-state index contributed by atoms with van der Waals surface area (Å²) in [5.41, 5.74) is 1.06. The van der Waals surface area contributed by atoms with E-state index in [9.17, 15) is 0 Å². The molecule has 108 valence electrons. The lowest BCUT2D eigenvalue weighted by Crippen LogP contribution is -2.24. The van der Waals surface area contributed by atoms with Gasteiger partial charge in [0.1, 0.15) is 24.6 Å². The van der Waals surface area contributed by atoms with Gasteiger partial charge in [0.15, 0.2) is 5.82 Å². The number of hydrogen-bond donors (Lipinski definition) is 0. The fraction of sp³-hybridized carbons (Fsp3) is 0.0625. The molecule has 0 N–H and O–H groups in total. The molecule has 1 aliphatic heterocycles. The number of aliphatic imine (C=N–C) groups is 1. The Labute approximate surface area is 127 Å². The molecule has 0 amide bonds. The molecule has 1 aliphatic rings. The first-order chi connectivity index (χ1) is 10.9. The third kappa shape index (κ3) is 2.20. The molecule has 6 heteroatoms. The third-order valence-electron chi connectivity index (χ3n) is 3.43. The summed E-state index contributed by atoms with van der Waals surface area (Å²) >= 11 is 0. The number of nitrogens with zero attached hydrogens (tertiary/aromatic N) is 5. The van der Waals surface area contributed by atoms with Crippen molar-refractivity contribution in [3.05, 3.63) is 67.3 Å². The second-order valence-electron chi connectivity index (χ2n) is 4.79. The van der Waals surface area contributed by atoms with Gasteiger partial charge in [0.25, 0.3) is 0 Å². The highest BCUT2D eigenvalue weighted by Crippen LogP contribution is 2.19. The van der Waals surface area contributed by atoms with Crippen LogP contribution < -0.4 is 4.90 Å². The van der Waals surface area contributed by atoms with Crippen LogP contribution in [-0.4, -0.2) is 27.2 Å². The second kappa shape index (κ2) is 5.33. The van der Waals surface area contributed by atoms with Crippen LogP contribution in [0.25, 0.3) is 11.4 Å². The quantitative estimate of drug-likeness (QED) is 0.728. The molecule has 0 fully saturated rings. The number of aromatic nitrogens is 3. The minimum Gasteiger partial charge on any atom is -0.363 e. The number of imidazole rings is 1. The molecule has 6 nitrogen and oxygen atoms in total. The molecule has 22 heavy (non-hydrogen) atoms. The lowest BCUT2D eigenvalue weighted by Gasteiger charge is -2.19. The van der Waals surface area contributed by atoms with E-state index in [-0.39, 0.29) is 0 Å². The number of allylic oxidation sites excluding steroid dienone is 1. The van der Waals surface area contributed by atoms with E-state index in [0.29, 0.717) is 6.67 Å². The molecule has 0 saturated carbocycles. The molecule has 0 saturated heterocycles. The highest BCUT2D eigenvalue weighted by molar-refractivity contribution is 5.98. The zero-order valence-electron chi connectivity index (χ0n) is 11.7. The highest BCUT2D eigenvalue weighted by atomic mass is 16.5. The van der Waals surface area contributed by atoms with Crippen LogP contribution in [0.4, 0.5) is 5.82 Å². The monoisotopic (exact) mass is 291 g/mol. The largest absolute Gasteiger partial charge is 0.363 e. The van der Waals surface area contributed by atoms with E-state index in [2.05, 4.69) is 15.1 Å². The topological polar surface area (TPSA) is 59.5 Å². The second-order valence-corrected chi connectivity index (χ2v) is 4.79. The maximum atomic E-state index is 4.85.